The Morgan fingerprint density at radius 1 is 1.00 bits per heavy atom. The van der Waals surface area contributed by atoms with Crippen molar-refractivity contribution in [3.8, 4) is 5.75 Å². The van der Waals surface area contributed by atoms with Crippen LogP contribution in [0.4, 0.5) is 0 Å². The normalized spacial score (nSPS) is 18.2. The van der Waals surface area contributed by atoms with Gasteiger partial charge in [0.05, 0.1) is 6.61 Å². The van der Waals surface area contributed by atoms with Crippen molar-refractivity contribution in [3.05, 3.63) is 64.2 Å². The van der Waals surface area contributed by atoms with Gasteiger partial charge in [0, 0.05) is 31.8 Å². The molecular formula is C21H24N2O. The molecule has 124 valence electrons. The van der Waals surface area contributed by atoms with Gasteiger partial charge in [-0.25, -0.2) is 0 Å². The molecule has 0 radical (unpaired) electrons. The smallest absolute Gasteiger partial charge is 0.122 e. The maximum atomic E-state index is 7.45. The summed E-state index contributed by atoms with van der Waals surface area (Å²) in [6.45, 7) is 5.26. The summed E-state index contributed by atoms with van der Waals surface area (Å²) >= 11 is 0. The van der Waals surface area contributed by atoms with Crippen LogP contribution in [0.1, 0.15) is 40.8 Å². The molecule has 1 atom stereocenters. The average Bonchev–Trinajstić information content (AvgIpc) is 2.99. The fourth-order valence-electron chi connectivity index (χ4n) is 3.89. The Kier molecular flexibility index (Phi) is 4.11. The van der Waals surface area contributed by atoms with E-state index in [1.54, 1.807) is 0 Å². The average molecular weight is 320 g/mol. The summed E-state index contributed by atoms with van der Waals surface area (Å²) in [7, 11) is 0. The van der Waals surface area contributed by atoms with Crippen LogP contribution in [0, 0.1) is 5.41 Å². The molecule has 2 heterocycles. The minimum absolute atomic E-state index is 0.399. The third kappa shape index (κ3) is 2.84. The van der Waals surface area contributed by atoms with E-state index in [4.69, 9.17) is 10.1 Å². The fraction of sp³-hybridized carbons (Fsp3) is 0.381. The van der Waals surface area contributed by atoms with E-state index >= 15 is 0 Å². The monoisotopic (exact) mass is 320 g/mol. The van der Waals surface area contributed by atoms with Gasteiger partial charge in [0.2, 0.25) is 0 Å². The molecule has 2 aliphatic heterocycles. The highest BCUT2D eigenvalue weighted by Crippen LogP contribution is 2.31. The zero-order chi connectivity index (χ0) is 16.5. The molecule has 1 N–H and O–H groups in total. The van der Waals surface area contributed by atoms with Gasteiger partial charge in [-0.05, 0) is 59.7 Å². The van der Waals surface area contributed by atoms with Crippen molar-refractivity contribution in [2.45, 2.75) is 32.2 Å². The number of nitrogens with one attached hydrogen (secondary N) is 1. The van der Waals surface area contributed by atoms with Crippen LogP contribution >= 0.6 is 0 Å². The largest absolute Gasteiger partial charge is 0.493 e. The topological polar surface area (TPSA) is 36.3 Å². The molecule has 3 heteroatoms. The second-order valence-electron chi connectivity index (χ2n) is 6.85. The molecule has 0 unspecified atom stereocenters. The number of ether oxygens (including phenoxy) is 1. The lowest BCUT2D eigenvalue weighted by molar-refractivity contribution is 0.220. The predicted molar refractivity (Wildman–Crippen MR) is 97.4 cm³/mol. The summed E-state index contributed by atoms with van der Waals surface area (Å²) in [6.07, 6.45) is 4.62. The van der Waals surface area contributed by atoms with E-state index in [9.17, 15) is 0 Å². The van der Waals surface area contributed by atoms with Crippen molar-refractivity contribution in [3.63, 3.8) is 0 Å². The van der Waals surface area contributed by atoms with Crippen LogP contribution < -0.4 is 4.74 Å². The zero-order valence-electron chi connectivity index (χ0n) is 14.2. The Labute approximate surface area is 143 Å². The van der Waals surface area contributed by atoms with Gasteiger partial charge < -0.3 is 10.1 Å². The van der Waals surface area contributed by atoms with E-state index in [-0.39, 0.29) is 0 Å². The Balaban J connectivity index is 1.52. The molecule has 0 amide bonds. The van der Waals surface area contributed by atoms with E-state index in [2.05, 4.69) is 48.2 Å². The lowest BCUT2D eigenvalue weighted by atomic mass is 10.0. The van der Waals surface area contributed by atoms with Gasteiger partial charge in [-0.15, -0.1) is 0 Å². The van der Waals surface area contributed by atoms with Gasteiger partial charge >= 0.3 is 0 Å². The molecule has 4 rings (SSSR count). The first-order chi connectivity index (χ1) is 11.7. The molecule has 0 aromatic heterocycles. The van der Waals surface area contributed by atoms with E-state index in [1.165, 1.54) is 28.5 Å². The molecular weight excluding hydrogens is 296 g/mol. The van der Waals surface area contributed by atoms with Crippen molar-refractivity contribution < 1.29 is 4.74 Å². The van der Waals surface area contributed by atoms with Gasteiger partial charge in [-0.3, -0.25) is 4.90 Å². The summed E-state index contributed by atoms with van der Waals surface area (Å²) < 4.78 is 5.74. The molecule has 2 aliphatic rings. The highest BCUT2D eigenvalue weighted by atomic mass is 16.5. The number of hydrogen-bond donors (Lipinski definition) is 1. The number of benzene rings is 2. The van der Waals surface area contributed by atoms with Crippen LogP contribution in [-0.2, 0) is 19.3 Å². The van der Waals surface area contributed by atoms with Crippen molar-refractivity contribution in [2.75, 3.05) is 19.7 Å². The molecule has 0 bridgehead atoms. The first-order valence-electron chi connectivity index (χ1n) is 8.86. The second kappa shape index (κ2) is 6.40. The van der Waals surface area contributed by atoms with Crippen LogP contribution in [0.2, 0.25) is 0 Å². The van der Waals surface area contributed by atoms with Gasteiger partial charge in [-0.1, -0.05) is 24.3 Å². The summed E-state index contributed by atoms with van der Waals surface area (Å²) in [5, 5.41) is 7.45. The van der Waals surface area contributed by atoms with E-state index < -0.39 is 0 Å². The molecule has 24 heavy (non-hydrogen) atoms. The standard InChI is InChI=1S/C21H24N2O/c1-15(19-5-4-18-8-11-24-21(18)13-19)23-9-6-17-3-2-16(14-22)12-20(17)7-10-23/h2-5,12-15,22H,6-11H2,1H3/t15-/m1/s1. The molecule has 0 spiro atoms. The molecule has 2 aromatic carbocycles. The lowest BCUT2D eigenvalue weighted by Crippen LogP contribution is -2.29. The van der Waals surface area contributed by atoms with Crippen LogP contribution in [0.5, 0.6) is 5.75 Å². The van der Waals surface area contributed by atoms with Crippen molar-refractivity contribution in [1.82, 2.24) is 4.90 Å². The lowest BCUT2D eigenvalue weighted by Gasteiger charge is -2.28. The van der Waals surface area contributed by atoms with Crippen LogP contribution in [0.3, 0.4) is 0 Å². The van der Waals surface area contributed by atoms with Crippen LogP contribution in [0.15, 0.2) is 36.4 Å². The SMILES string of the molecule is C[C@H](c1ccc2c(c1)OCC2)N1CCc2ccc(C=N)cc2CC1. The van der Waals surface area contributed by atoms with Crippen molar-refractivity contribution in [2.24, 2.45) is 0 Å². The predicted octanol–water partition coefficient (Wildman–Crippen LogP) is 3.78. The summed E-state index contributed by atoms with van der Waals surface area (Å²) in [5.74, 6) is 1.08. The maximum Gasteiger partial charge on any atom is 0.122 e. The Morgan fingerprint density at radius 3 is 2.62 bits per heavy atom. The molecule has 0 aliphatic carbocycles. The molecule has 0 saturated heterocycles. The molecule has 3 nitrogen and oxygen atoms in total. The molecule has 0 fully saturated rings. The quantitative estimate of drug-likeness (QED) is 0.874. The van der Waals surface area contributed by atoms with Crippen LogP contribution in [-0.4, -0.2) is 30.8 Å². The number of rotatable bonds is 3. The first-order valence-corrected chi connectivity index (χ1v) is 8.86. The zero-order valence-corrected chi connectivity index (χ0v) is 14.2. The second-order valence-corrected chi connectivity index (χ2v) is 6.85. The Hall–Kier alpha value is -2.13. The minimum Gasteiger partial charge on any atom is -0.493 e. The fourth-order valence-corrected chi connectivity index (χ4v) is 3.89. The number of nitrogens with zero attached hydrogens (tertiary/aromatic N) is 1. The highest BCUT2D eigenvalue weighted by molar-refractivity contribution is 5.77. The number of fused-ring (bicyclic) bond motifs is 2. The summed E-state index contributed by atoms with van der Waals surface area (Å²) in [5.41, 5.74) is 6.54. The van der Waals surface area contributed by atoms with E-state index in [0.29, 0.717) is 6.04 Å². The third-order valence-corrected chi connectivity index (χ3v) is 5.48. The molecule has 0 saturated carbocycles. The van der Waals surface area contributed by atoms with Gasteiger partial charge in [0.25, 0.3) is 0 Å². The molecule has 2 aromatic rings. The minimum atomic E-state index is 0.399. The third-order valence-electron chi connectivity index (χ3n) is 5.48. The first kappa shape index (κ1) is 15.4. The maximum absolute atomic E-state index is 7.45. The van der Waals surface area contributed by atoms with Crippen molar-refractivity contribution in [1.29, 1.82) is 5.41 Å². The van der Waals surface area contributed by atoms with Crippen LogP contribution in [0.25, 0.3) is 0 Å². The number of hydrogen-bond acceptors (Lipinski definition) is 3. The van der Waals surface area contributed by atoms with E-state index in [1.807, 2.05) is 0 Å². The van der Waals surface area contributed by atoms with Gasteiger partial charge in [-0.2, -0.15) is 0 Å². The van der Waals surface area contributed by atoms with Gasteiger partial charge in [0.1, 0.15) is 5.75 Å². The highest BCUT2D eigenvalue weighted by Gasteiger charge is 2.21. The van der Waals surface area contributed by atoms with E-state index in [0.717, 1.165) is 50.3 Å². The Bertz CT molecular complexity index is 768. The van der Waals surface area contributed by atoms with Gasteiger partial charge in [0.15, 0.2) is 0 Å². The summed E-state index contributed by atoms with van der Waals surface area (Å²) in [4.78, 5) is 2.57. The summed E-state index contributed by atoms with van der Waals surface area (Å²) in [6, 6.07) is 13.6. The Morgan fingerprint density at radius 2 is 1.79 bits per heavy atom. The van der Waals surface area contributed by atoms with Crippen molar-refractivity contribution >= 4 is 6.21 Å².